The summed E-state index contributed by atoms with van der Waals surface area (Å²) in [4.78, 5) is 15.3. The van der Waals surface area contributed by atoms with Gasteiger partial charge in [0.2, 0.25) is 0 Å². The Kier molecular flexibility index (Phi) is 7.73. The fourth-order valence-electron chi connectivity index (χ4n) is 1.94. The highest BCUT2D eigenvalue weighted by Crippen LogP contribution is 2.37. The van der Waals surface area contributed by atoms with Crippen molar-refractivity contribution in [3.63, 3.8) is 0 Å². The molecule has 0 radical (unpaired) electrons. The standard InChI is InChI=1S/C18H22BrNO2S3/c1-5-23-14-8-12(19)9-15(10-14)25-16-7-6-13(24-16)11-20-17(21)22-18(2,3)4/h6-10H,5,11H2,1-4H3,(H,20,21). The predicted molar refractivity (Wildman–Crippen MR) is 112 cm³/mol. The first-order valence-corrected chi connectivity index (χ1v) is 11.3. The van der Waals surface area contributed by atoms with Gasteiger partial charge >= 0.3 is 6.09 Å². The van der Waals surface area contributed by atoms with E-state index >= 15 is 0 Å². The third-order valence-electron chi connectivity index (χ3n) is 2.82. The summed E-state index contributed by atoms with van der Waals surface area (Å²) in [6.07, 6.45) is -0.386. The largest absolute Gasteiger partial charge is 0.444 e. The second-order valence-corrected chi connectivity index (χ2v) is 11.0. The zero-order chi connectivity index (χ0) is 18.4. The molecular formula is C18H22BrNO2S3. The molecule has 25 heavy (non-hydrogen) atoms. The predicted octanol–water partition coefficient (Wildman–Crippen LogP) is 6.80. The summed E-state index contributed by atoms with van der Waals surface area (Å²) in [7, 11) is 0. The molecule has 0 spiro atoms. The first-order valence-electron chi connectivity index (χ1n) is 7.92. The van der Waals surface area contributed by atoms with Gasteiger partial charge in [-0.1, -0.05) is 34.6 Å². The average molecular weight is 460 g/mol. The third-order valence-corrected chi connectivity index (χ3v) is 6.32. The molecule has 0 aliphatic rings. The number of benzene rings is 1. The Balaban J connectivity index is 1.94. The molecule has 0 atom stereocenters. The van der Waals surface area contributed by atoms with Crippen LogP contribution in [0.1, 0.15) is 32.6 Å². The second-order valence-electron chi connectivity index (χ2n) is 6.23. The quantitative estimate of drug-likeness (QED) is 0.481. The number of nitrogens with one attached hydrogen (secondary N) is 1. The summed E-state index contributed by atoms with van der Waals surface area (Å²) in [5, 5.41) is 2.80. The number of thioether (sulfide) groups is 1. The molecule has 2 aromatic rings. The fourth-order valence-corrected chi connectivity index (χ4v) is 5.76. The van der Waals surface area contributed by atoms with Crippen molar-refractivity contribution in [2.45, 2.75) is 53.8 Å². The van der Waals surface area contributed by atoms with Gasteiger partial charge < -0.3 is 10.1 Å². The Hall–Kier alpha value is -0.630. The van der Waals surface area contributed by atoms with Crippen molar-refractivity contribution < 1.29 is 9.53 Å². The lowest BCUT2D eigenvalue weighted by Crippen LogP contribution is -2.31. The molecule has 0 aliphatic heterocycles. The van der Waals surface area contributed by atoms with Crippen molar-refractivity contribution >= 4 is 56.9 Å². The van der Waals surface area contributed by atoms with Crippen LogP contribution in [0.25, 0.3) is 0 Å². The van der Waals surface area contributed by atoms with E-state index in [1.165, 1.54) is 14.0 Å². The number of hydrogen-bond donors (Lipinski definition) is 1. The van der Waals surface area contributed by atoms with Gasteiger partial charge in [0.1, 0.15) is 5.60 Å². The molecule has 1 aromatic carbocycles. The van der Waals surface area contributed by atoms with Crippen LogP contribution in [0.15, 0.2) is 48.8 Å². The maximum Gasteiger partial charge on any atom is 0.407 e. The molecule has 136 valence electrons. The van der Waals surface area contributed by atoms with E-state index in [4.69, 9.17) is 4.74 Å². The number of ether oxygens (including phenoxy) is 1. The van der Waals surface area contributed by atoms with Crippen molar-refractivity contribution in [1.29, 1.82) is 0 Å². The van der Waals surface area contributed by atoms with Crippen molar-refractivity contribution in [2.75, 3.05) is 5.75 Å². The number of thiophene rings is 1. The van der Waals surface area contributed by atoms with Crippen LogP contribution in [0.2, 0.25) is 0 Å². The SMILES string of the molecule is CCSc1cc(Br)cc(Sc2ccc(CNC(=O)OC(C)(C)C)s2)c1. The van der Waals surface area contributed by atoms with E-state index < -0.39 is 5.60 Å². The normalized spacial score (nSPS) is 11.4. The Morgan fingerprint density at radius 1 is 1.24 bits per heavy atom. The summed E-state index contributed by atoms with van der Waals surface area (Å²) in [5.74, 6) is 1.06. The van der Waals surface area contributed by atoms with Gasteiger partial charge in [0.05, 0.1) is 10.8 Å². The molecule has 0 bridgehead atoms. The second kappa shape index (κ2) is 9.35. The zero-order valence-electron chi connectivity index (χ0n) is 14.7. The highest BCUT2D eigenvalue weighted by Gasteiger charge is 2.16. The van der Waals surface area contributed by atoms with Crippen LogP contribution in [-0.2, 0) is 11.3 Å². The number of carbonyl (C=O) groups is 1. The fraction of sp³-hybridized carbons (Fsp3) is 0.389. The Morgan fingerprint density at radius 3 is 2.64 bits per heavy atom. The minimum atomic E-state index is -0.477. The number of carbonyl (C=O) groups excluding carboxylic acids is 1. The summed E-state index contributed by atoms with van der Waals surface area (Å²) in [6.45, 7) is 8.21. The van der Waals surface area contributed by atoms with Gasteiger partial charge in [-0.05, 0) is 56.9 Å². The Morgan fingerprint density at radius 2 is 1.96 bits per heavy atom. The maximum atomic E-state index is 11.7. The van der Waals surface area contributed by atoms with Crippen LogP contribution >= 0.6 is 50.8 Å². The number of amides is 1. The Bertz CT molecular complexity index is 725. The number of halogens is 1. The lowest BCUT2D eigenvalue weighted by atomic mass is 10.2. The third kappa shape index (κ3) is 7.64. The van der Waals surface area contributed by atoms with Gasteiger partial charge in [-0.15, -0.1) is 23.1 Å². The molecule has 1 heterocycles. The van der Waals surface area contributed by atoms with Crippen LogP contribution in [0.4, 0.5) is 4.79 Å². The smallest absolute Gasteiger partial charge is 0.407 e. The zero-order valence-corrected chi connectivity index (χ0v) is 18.8. The topological polar surface area (TPSA) is 38.3 Å². The minimum absolute atomic E-state index is 0.386. The average Bonchev–Trinajstić information content (AvgIpc) is 2.90. The first-order chi connectivity index (χ1) is 11.7. The van der Waals surface area contributed by atoms with Crippen LogP contribution in [0, 0.1) is 0 Å². The molecule has 2 rings (SSSR count). The van der Waals surface area contributed by atoms with Gasteiger partial charge in [-0.2, -0.15) is 0 Å². The molecule has 3 nitrogen and oxygen atoms in total. The van der Waals surface area contributed by atoms with Crippen molar-refractivity contribution in [1.82, 2.24) is 5.32 Å². The van der Waals surface area contributed by atoms with Gasteiger partial charge in [-0.25, -0.2) is 4.79 Å². The van der Waals surface area contributed by atoms with Gasteiger partial charge in [-0.3, -0.25) is 0 Å². The van der Waals surface area contributed by atoms with Crippen LogP contribution in [0.5, 0.6) is 0 Å². The molecule has 0 unspecified atom stereocenters. The molecule has 0 saturated carbocycles. The monoisotopic (exact) mass is 459 g/mol. The number of hydrogen-bond acceptors (Lipinski definition) is 5. The van der Waals surface area contributed by atoms with E-state index in [9.17, 15) is 4.79 Å². The van der Waals surface area contributed by atoms with Crippen LogP contribution in [-0.4, -0.2) is 17.4 Å². The molecule has 7 heteroatoms. The molecule has 0 saturated heterocycles. The van der Waals surface area contributed by atoms with E-state index in [0.717, 1.165) is 15.1 Å². The molecule has 1 aromatic heterocycles. The molecular weight excluding hydrogens is 438 g/mol. The van der Waals surface area contributed by atoms with Gasteiger partial charge in [0.15, 0.2) is 0 Å². The van der Waals surface area contributed by atoms with E-state index in [0.29, 0.717) is 6.54 Å². The van der Waals surface area contributed by atoms with Crippen molar-refractivity contribution in [3.05, 3.63) is 39.7 Å². The summed E-state index contributed by atoms with van der Waals surface area (Å²) >= 11 is 8.84. The molecule has 1 N–H and O–H groups in total. The molecule has 1 amide bonds. The number of rotatable bonds is 6. The lowest BCUT2D eigenvalue weighted by Gasteiger charge is -2.19. The molecule has 0 fully saturated rings. The number of alkyl carbamates (subject to hydrolysis) is 1. The highest BCUT2D eigenvalue weighted by atomic mass is 79.9. The van der Waals surface area contributed by atoms with E-state index in [1.54, 1.807) is 23.1 Å². The lowest BCUT2D eigenvalue weighted by molar-refractivity contribution is 0.0524. The first kappa shape index (κ1) is 20.7. The summed E-state index contributed by atoms with van der Waals surface area (Å²) in [6, 6.07) is 10.6. The van der Waals surface area contributed by atoms with Crippen LogP contribution < -0.4 is 5.32 Å². The van der Waals surface area contributed by atoms with Gasteiger partial charge in [0.25, 0.3) is 0 Å². The van der Waals surface area contributed by atoms with Crippen molar-refractivity contribution in [3.8, 4) is 0 Å². The van der Waals surface area contributed by atoms with E-state index in [1.807, 2.05) is 38.6 Å². The Labute approximate surface area is 170 Å². The maximum absolute atomic E-state index is 11.7. The van der Waals surface area contributed by atoms with E-state index in [-0.39, 0.29) is 6.09 Å². The summed E-state index contributed by atoms with van der Waals surface area (Å²) in [5.41, 5.74) is -0.477. The highest BCUT2D eigenvalue weighted by molar-refractivity contribution is 9.10. The van der Waals surface area contributed by atoms with E-state index in [2.05, 4.69) is 52.4 Å². The van der Waals surface area contributed by atoms with Crippen LogP contribution in [0.3, 0.4) is 0 Å². The summed E-state index contributed by atoms with van der Waals surface area (Å²) < 4.78 is 7.55. The molecule has 0 aliphatic carbocycles. The minimum Gasteiger partial charge on any atom is -0.444 e. The van der Waals surface area contributed by atoms with Crippen molar-refractivity contribution in [2.24, 2.45) is 0 Å². The van der Waals surface area contributed by atoms with Gasteiger partial charge in [0, 0.05) is 19.1 Å².